The van der Waals surface area contributed by atoms with Gasteiger partial charge in [-0.05, 0) is 30.3 Å². The number of halogens is 2. The van der Waals surface area contributed by atoms with Crippen LogP contribution in [-0.4, -0.2) is 27.2 Å². The molecule has 0 saturated heterocycles. The molecule has 3 rings (SSSR count). The van der Waals surface area contributed by atoms with E-state index in [1.54, 1.807) is 0 Å². The van der Waals surface area contributed by atoms with Gasteiger partial charge < -0.3 is 14.8 Å². The third-order valence-electron chi connectivity index (χ3n) is 3.48. The SMILES string of the molecule is C=CCNS(=O)(=O)c1cccc(C(=O)Nc2ccc3c(c2)OC(F)(F)O3)c1. The van der Waals surface area contributed by atoms with Crippen LogP contribution in [0.2, 0.25) is 0 Å². The largest absolute Gasteiger partial charge is 0.586 e. The molecule has 0 aromatic heterocycles. The van der Waals surface area contributed by atoms with Crippen LogP contribution in [0.1, 0.15) is 10.4 Å². The van der Waals surface area contributed by atoms with Gasteiger partial charge in [-0.25, -0.2) is 13.1 Å². The van der Waals surface area contributed by atoms with E-state index in [0.29, 0.717) is 0 Å². The molecule has 0 bridgehead atoms. The molecule has 0 saturated carbocycles. The molecular formula is C17H14F2N2O5S. The quantitative estimate of drug-likeness (QED) is 0.733. The standard InChI is InChI=1S/C17H14F2N2O5S/c1-2-8-20-27(23,24)13-5-3-4-11(9-13)16(22)21-12-6-7-14-15(10-12)26-17(18,19)25-14/h2-7,9-10,20H,1,8H2,(H,21,22). The van der Waals surface area contributed by atoms with Gasteiger partial charge in [0.25, 0.3) is 5.91 Å². The molecule has 0 fully saturated rings. The first-order valence-corrected chi connectivity index (χ1v) is 9.10. The van der Waals surface area contributed by atoms with E-state index in [-0.39, 0.29) is 34.2 Å². The Morgan fingerprint density at radius 3 is 2.63 bits per heavy atom. The minimum atomic E-state index is -3.79. The number of amides is 1. The number of carbonyl (C=O) groups excluding carboxylic acids is 1. The second kappa shape index (κ2) is 6.97. The maximum Gasteiger partial charge on any atom is 0.586 e. The Balaban J connectivity index is 1.78. The summed E-state index contributed by atoms with van der Waals surface area (Å²) in [5.41, 5.74) is 0.248. The summed E-state index contributed by atoms with van der Waals surface area (Å²) >= 11 is 0. The van der Waals surface area contributed by atoms with Gasteiger partial charge in [-0.1, -0.05) is 12.1 Å². The summed E-state index contributed by atoms with van der Waals surface area (Å²) in [7, 11) is -3.79. The minimum absolute atomic E-state index is 0.0422. The van der Waals surface area contributed by atoms with E-state index in [1.165, 1.54) is 48.5 Å². The highest BCUT2D eigenvalue weighted by atomic mass is 32.2. The molecule has 1 aliphatic heterocycles. The molecule has 1 aliphatic rings. The highest BCUT2D eigenvalue weighted by Gasteiger charge is 2.43. The molecule has 1 amide bonds. The molecule has 0 radical (unpaired) electrons. The molecule has 2 N–H and O–H groups in total. The smallest absolute Gasteiger partial charge is 0.395 e. The van der Waals surface area contributed by atoms with E-state index < -0.39 is 22.2 Å². The number of alkyl halides is 2. The first-order chi connectivity index (χ1) is 12.7. The number of ether oxygens (including phenoxy) is 2. The number of fused-ring (bicyclic) bond motifs is 1. The molecule has 0 aliphatic carbocycles. The van der Waals surface area contributed by atoms with Crippen molar-refractivity contribution in [1.82, 2.24) is 4.72 Å². The second-order valence-corrected chi connectivity index (χ2v) is 7.22. The summed E-state index contributed by atoms with van der Waals surface area (Å²) in [5, 5.41) is 2.49. The maximum absolute atomic E-state index is 13.0. The Morgan fingerprint density at radius 2 is 1.89 bits per heavy atom. The maximum atomic E-state index is 13.0. The van der Waals surface area contributed by atoms with Crippen molar-refractivity contribution in [2.24, 2.45) is 0 Å². The van der Waals surface area contributed by atoms with Crippen molar-refractivity contribution in [2.45, 2.75) is 11.2 Å². The fourth-order valence-corrected chi connectivity index (χ4v) is 3.33. The van der Waals surface area contributed by atoms with E-state index >= 15 is 0 Å². The highest BCUT2D eigenvalue weighted by Crippen LogP contribution is 2.42. The molecule has 10 heteroatoms. The van der Waals surface area contributed by atoms with Gasteiger partial charge in [-0.3, -0.25) is 4.79 Å². The van der Waals surface area contributed by atoms with Crippen LogP contribution >= 0.6 is 0 Å². The van der Waals surface area contributed by atoms with Crippen LogP contribution in [0.25, 0.3) is 0 Å². The Labute approximate surface area is 153 Å². The Morgan fingerprint density at radius 1 is 1.15 bits per heavy atom. The van der Waals surface area contributed by atoms with Gasteiger partial charge in [0, 0.05) is 23.9 Å². The molecule has 0 unspecified atom stereocenters. The zero-order valence-corrected chi connectivity index (χ0v) is 14.6. The molecule has 2 aromatic carbocycles. The lowest BCUT2D eigenvalue weighted by Crippen LogP contribution is -2.25. The summed E-state index contributed by atoms with van der Waals surface area (Å²) < 4.78 is 61.2. The number of anilines is 1. The van der Waals surface area contributed by atoms with Crippen molar-refractivity contribution in [3.63, 3.8) is 0 Å². The van der Waals surface area contributed by atoms with Gasteiger partial charge in [0.15, 0.2) is 11.5 Å². The Hall–Kier alpha value is -2.98. The lowest BCUT2D eigenvalue weighted by molar-refractivity contribution is -0.286. The first kappa shape index (κ1) is 18.8. The molecule has 142 valence electrons. The van der Waals surface area contributed by atoms with Crippen molar-refractivity contribution in [2.75, 3.05) is 11.9 Å². The second-order valence-electron chi connectivity index (χ2n) is 5.45. The van der Waals surface area contributed by atoms with Crippen LogP contribution < -0.4 is 19.5 Å². The fourth-order valence-electron chi connectivity index (χ4n) is 2.29. The fraction of sp³-hybridized carbons (Fsp3) is 0.118. The van der Waals surface area contributed by atoms with Crippen LogP contribution in [0.3, 0.4) is 0 Å². The zero-order chi connectivity index (χ0) is 19.7. The van der Waals surface area contributed by atoms with Crippen molar-refractivity contribution in [1.29, 1.82) is 0 Å². The monoisotopic (exact) mass is 396 g/mol. The molecule has 1 heterocycles. The van der Waals surface area contributed by atoms with E-state index in [9.17, 15) is 22.0 Å². The van der Waals surface area contributed by atoms with E-state index in [2.05, 4.69) is 26.1 Å². The minimum Gasteiger partial charge on any atom is -0.395 e. The van der Waals surface area contributed by atoms with Crippen LogP contribution in [0, 0.1) is 0 Å². The van der Waals surface area contributed by atoms with Crippen LogP contribution in [0.5, 0.6) is 11.5 Å². The van der Waals surface area contributed by atoms with Gasteiger partial charge in [0.05, 0.1) is 4.90 Å². The number of rotatable bonds is 6. The number of carbonyl (C=O) groups is 1. The molecular weight excluding hydrogens is 382 g/mol. The summed E-state index contributed by atoms with van der Waals surface area (Å²) in [6.45, 7) is 3.47. The lowest BCUT2D eigenvalue weighted by Gasteiger charge is -2.08. The number of sulfonamides is 1. The molecule has 0 spiro atoms. The molecule has 7 nitrogen and oxygen atoms in total. The molecule has 27 heavy (non-hydrogen) atoms. The highest BCUT2D eigenvalue weighted by molar-refractivity contribution is 7.89. The number of hydrogen-bond donors (Lipinski definition) is 2. The zero-order valence-electron chi connectivity index (χ0n) is 13.7. The van der Waals surface area contributed by atoms with Crippen molar-refractivity contribution in [3.8, 4) is 11.5 Å². The van der Waals surface area contributed by atoms with Gasteiger partial charge >= 0.3 is 6.29 Å². The van der Waals surface area contributed by atoms with Crippen molar-refractivity contribution < 1.29 is 31.5 Å². The number of nitrogens with one attached hydrogen (secondary N) is 2. The predicted molar refractivity (Wildman–Crippen MR) is 92.4 cm³/mol. The van der Waals surface area contributed by atoms with E-state index in [0.717, 1.165) is 0 Å². The number of hydrogen-bond acceptors (Lipinski definition) is 5. The third kappa shape index (κ3) is 4.23. The third-order valence-corrected chi connectivity index (χ3v) is 4.90. The summed E-state index contributed by atoms with van der Waals surface area (Å²) in [4.78, 5) is 12.3. The summed E-state index contributed by atoms with van der Waals surface area (Å²) in [5.74, 6) is -0.997. The van der Waals surface area contributed by atoms with E-state index in [1.807, 2.05) is 0 Å². The van der Waals surface area contributed by atoms with Gasteiger partial charge in [0.2, 0.25) is 10.0 Å². The van der Waals surface area contributed by atoms with Gasteiger partial charge in [-0.15, -0.1) is 15.4 Å². The van der Waals surface area contributed by atoms with Gasteiger partial charge in [-0.2, -0.15) is 0 Å². The topological polar surface area (TPSA) is 93.7 Å². The lowest BCUT2D eigenvalue weighted by atomic mass is 10.2. The molecule has 0 atom stereocenters. The summed E-state index contributed by atoms with van der Waals surface area (Å²) in [6, 6.07) is 9.13. The number of benzene rings is 2. The van der Waals surface area contributed by atoms with E-state index in [4.69, 9.17) is 0 Å². The Bertz CT molecular complexity index is 1010. The first-order valence-electron chi connectivity index (χ1n) is 7.62. The van der Waals surface area contributed by atoms with Crippen LogP contribution in [-0.2, 0) is 10.0 Å². The predicted octanol–water partition coefficient (Wildman–Crippen LogP) is 2.72. The molecule has 2 aromatic rings. The summed E-state index contributed by atoms with van der Waals surface area (Å²) in [6.07, 6.45) is -2.37. The van der Waals surface area contributed by atoms with Crippen LogP contribution in [0.15, 0.2) is 60.0 Å². The average Bonchev–Trinajstić information content (AvgIpc) is 2.93. The Kier molecular flexibility index (Phi) is 4.85. The van der Waals surface area contributed by atoms with Crippen molar-refractivity contribution >= 4 is 21.6 Å². The van der Waals surface area contributed by atoms with Gasteiger partial charge in [0.1, 0.15) is 0 Å². The normalized spacial score (nSPS) is 14.6. The van der Waals surface area contributed by atoms with Crippen LogP contribution in [0.4, 0.5) is 14.5 Å². The van der Waals surface area contributed by atoms with Crippen molar-refractivity contribution in [3.05, 3.63) is 60.7 Å². The average molecular weight is 396 g/mol.